The zero-order chi connectivity index (χ0) is 22.1. The molecule has 5 heteroatoms. The van der Waals surface area contributed by atoms with Gasteiger partial charge in [0.05, 0.1) is 0 Å². The zero-order valence-corrected chi connectivity index (χ0v) is 18.5. The molecule has 4 nitrogen and oxygen atoms in total. The molecule has 2 aromatic carbocycles. The number of rotatable bonds is 10. The van der Waals surface area contributed by atoms with Gasteiger partial charge in [0.15, 0.2) is 0 Å². The first kappa shape index (κ1) is 23.6. The summed E-state index contributed by atoms with van der Waals surface area (Å²) in [7, 11) is 0. The normalized spacial score (nSPS) is 12.8. The number of nitrogens with one attached hydrogen (secondary N) is 1. The maximum atomic E-state index is 13.3. The van der Waals surface area contributed by atoms with E-state index in [1.54, 1.807) is 24.0 Å². The average Bonchev–Trinajstić information content (AvgIpc) is 2.76. The molecule has 0 heterocycles. The summed E-state index contributed by atoms with van der Waals surface area (Å²) in [5.41, 5.74) is 3.15. The lowest BCUT2D eigenvalue weighted by molar-refractivity contribution is -0.140. The van der Waals surface area contributed by atoms with Crippen molar-refractivity contribution in [2.24, 2.45) is 0 Å². The number of amides is 2. The van der Waals surface area contributed by atoms with Gasteiger partial charge in [-0.25, -0.2) is 4.39 Å². The summed E-state index contributed by atoms with van der Waals surface area (Å²) in [5.74, 6) is -0.590. The predicted octanol–water partition coefficient (Wildman–Crippen LogP) is 4.65. The Morgan fingerprint density at radius 2 is 1.50 bits per heavy atom. The van der Waals surface area contributed by atoms with Gasteiger partial charge in [0.25, 0.3) is 0 Å². The van der Waals surface area contributed by atoms with E-state index in [0.717, 1.165) is 24.0 Å². The van der Waals surface area contributed by atoms with Gasteiger partial charge >= 0.3 is 0 Å². The minimum Gasteiger partial charge on any atom is -0.352 e. The fraction of sp³-hybridized carbons (Fsp3) is 0.440. The summed E-state index contributed by atoms with van der Waals surface area (Å²) >= 11 is 0. The van der Waals surface area contributed by atoms with Crippen LogP contribution in [0, 0.1) is 5.82 Å². The maximum Gasteiger partial charge on any atom is 0.242 e. The van der Waals surface area contributed by atoms with Crippen LogP contribution in [-0.2, 0) is 29.0 Å². The fourth-order valence-electron chi connectivity index (χ4n) is 3.17. The second-order valence-electron chi connectivity index (χ2n) is 7.81. The van der Waals surface area contributed by atoms with Crippen LogP contribution in [0.3, 0.4) is 0 Å². The van der Waals surface area contributed by atoms with Crippen LogP contribution in [0.15, 0.2) is 48.5 Å². The lowest BCUT2D eigenvalue weighted by Gasteiger charge is -2.30. The number of hydrogen-bond donors (Lipinski definition) is 1. The Labute approximate surface area is 179 Å². The van der Waals surface area contributed by atoms with Crippen LogP contribution in [-0.4, -0.2) is 28.8 Å². The van der Waals surface area contributed by atoms with Crippen molar-refractivity contribution in [3.8, 4) is 0 Å². The third kappa shape index (κ3) is 6.97. The second-order valence-corrected chi connectivity index (χ2v) is 7.81. The number of hydrogen-bond acceptors (Lipinski definition) is 2. The Morgan fingerprint density at radius 3 is 2.07 bits per heavy atom. The molecule has 0 radical (unpaired) electrons. The molecule has 0 aromatic heterocycles. The molecule has 2 aromatic rings. The highest BCUT2D eigenvalue weighted by molar-refractivity contribution is 5.87. The van der Waals surface area contributed by atoms with Crippen molar-refractivity contribution in [1.29, 1.82) is 0 Å². The van der Waals surface area contributed by atoms with Crippen molar-refractivity contribution >= 4 is 11.8 Å². The van der Waals surface area contributed by atoms with E-state index in [-0.39, 0.29) is 30.2 Å². The van der Waals surface area contributed by atoms with E-state index in [1.165, 1.54) is 17.7 Å². The van der Waals surface area contributed by atoms with Gasteiger partial charge in [-0.05, 0) is 61.9 Å². The van der Waals surface area contributed by atoms with Crippen molar-refractivity contribution in [3.63, 3.8) is 0 Å². The van der Waals surface area contributed by atoms with Crippen LogP contribution in [0.25, 0.3) is 0 Å². The third-order valence-corrected chi connectivity index (χ3v) is 5.49. The Balaban J connectivity index is 2.12. The lowest BCUT2D eigenvalue weighted by atomic mass is 10.0. The molecule has 0 aliphatic heterocycles. The first-order valence-corrected chi connectivity index (χ1v) is 10.8. The molecule has 162 valence electrons. The standard InChI is InChI=1S/C25H33FN2O2/c1-5-18(3)27-25(30)19(4)28(17-22-11-14-23(26)15-12-22)24(29)16-13-21-9-7-20(6-2)8-10-21/h7-12,14-15,18-19H,5-6,13,16-17H2,1-4H3,(H,27,30)/t18-,19+/m1/s1. The van der Waals surface area contributed by atoms with Crippen molar-refractivity contribution in [2.45, 2.75) is 72.0 Å². The predicted molar refractivity (Wildman–Crippen MR) is 118 cm³/mol. The van der Waals surface area contributed by atoms with Crippen molar-refractivity contribution in [2.75, 3.05) is 0 Å². The smallest absolute Gasteiger partial charge is 0.242 e. The SMILES string of the molecule is CCc1ccc(CCC(=O)N(Cc2ccc(F)cc2)[C@@H](C)C(=O)N[C@H](C)CC)cc1. The third-order valence-electron chi connectivity index (χ3n) is 5.49. The van der Waals surface area contributed by atoms with Crippen LogP contribution in [0.1, 0.15) is 57.2 Å². The molecule has 0 saturated carbocycles. The summed E-state index contributed by atoms with van der Waals surface area (Å²) in [6.45, 7) is 8.06. The van der Waals surface area contributed by atoms with Gasteiger partial charge in [0.2, 0.25) is 11.8 Å². The Morgan fingerprint density at radius 1 is 0.933 bits per heavy atom. The molecule has 30 heavy (non-hydrogen) atoms. The van der Waals surface area contributed by atoms with E-state index in [4.69, 9.17) is 0 Å². The van der Waals surface area contributed by atoms with E-state index >= 15 is 0 Å². The summed E-state index contributed by atoms with van der Waals surface area (Å²) in [5, 5.41) is 2.95. The topological polar surface area (TPSA) is 49.4 Å². The minimum absolute atomic E-state index is 0.0415. The summed E-state index contributed by atoms with van der Waals surface area (Å²) in [6.07, 6.45) is 2.72. The van der Waals surface area contributed by atoms with Crippen LogP contribution in [0.5, 0.6) is 0 Å². The Hall–Kier alpha value is -2.69. The molecule has 2 rings (SSSR count). The van der Waals surface area contributed by atoms with Crippen LogP contribution < -0.4 is 5.32 Å². The highest BCUT2D eigenvalue weighted by atomic mass is 19.1. The summed E-state index contributed by atoms with van der Waals surface area (Å²) in [4.78, 5) is 27.4. The number of halogens is 1. The van der Waals surface area contributed by atoms with Crippen LogP contribution in [0.2, 0.25) is 0 Å². The van der Waals surface area contributed by atoms with Gasteiger partial charge in [0.1, 0.15) is 11.9 Å². The van der Waals surface area contributed by atoms with Crippen molar-refractivity contribution < 1.29 is 14.0 Å². The molecule has 2 amide bonds. The zero-order valence-electron chi connectivity index (χ0n) is 18.5. The van der Waals surface area contributed by atoms with E-state index in [9.17, 15) is 14.0 Å². The molecule has 0 spiro atoms. The van der Waals surface area contributed by atoms with Gasteiger partial charge in [-0.3, -0.25) is 9.59 Å². The Kier molecular flexibility index (Phi) is 9.03. The molecule has 0 saturated heterocycles. The van der Waals surface area contributed by atoms with Crippen molar-refractivity contribution in [3.05, 3.63) is 71.0 Å². The highest BCUT2D eigenvalue weighted by Crippen LogP contribution is 2.14. The lowest BCUT2D eigenvalue weighted by Crippen LogP contribution is -2.49. The molecule has 0 unspecified atom stereocenters. The molecule has 0 aliphatic carbocycles. The molecule has 0 bridgehead atoms. The molecular weight excluding hydrogens is 379 g/mol. The largest absolute Gasteiger partial charge is 0.352 e. The van der Waals surface area contributed by atoms with Gasteiger partial charge in [-0.15, -0.1) is 0 Å². The first-order chi connectivity index (χ1) is 14.3. The van der Waals surface area contributed by atoms with Crippen LogP contribution >= 0.6 is 0 Å². The summed E-state index contributed by atoms with van der Waals surface area (Å²) in [6, 6.07) is 13.7. The molecule has 2 atom stereocenters. The van der Waals surface area contributed by atoms with E-state index in [2.05, 4.69) is 36.5 Å². The van der Waals surface area contributed by atoms with E-state index < -0.39 is 6.04 Å². The van der Waals surface area contributed by atoms with Gasteiger partial charge in [-0.2, -0.15) is 0 Å². The van der Waals surface area contributed by atoms with Gasteiger partial charge in [-0.1, -0.05) is 50.2 Å². The first-order valence-electron chi connectivity index (χ1n) is 10.8. The molecule has 0 aliphatic rings. The van der Waals surface area contributed by atoms with Crippen molar-refractivity contribution in [1.82, 2.24) is 10.2 Å². The number of benzene rings is 2. The maximum absolute atomic E-state index is 13.3. The number of carbonyl (C=O) groups excluding carboxylic acids is 2. The fourth-order valence-corrected chi connectivity index (χ4v) is 3.17. The number of aryl methyl sites for hydroxylation is 2. The monoisotopic (exact) mass is 412 g/mol. The average molecular weight is 413 g/mol. The number of carbonyl (C=O) groups is 2. The van der Waals surface area contributed by atoms with Gasteiger partial charge in [0, 0.05) is 19.0 Å². The summed E-state index contributed by atoms with van der Waals surface area (Å²) < 4.78 is 13.3. The number of nitrogens with zero attached hydrogens (tertiary/aromatic N) is 1. The highest BCUT2D eigenvalue weighted by Gasteiger charge is 2.26. The molecule has 1 N–H and O–H groups in total. The molecule has 0 fully saturated rings. The van der Waals surface area contributed by atoms with Gasteiger partial charge < -0.3 is 10.2 Å². The second kappa shape index (κ2) is 11.5. The quantitative estimate of drug-likeness (QED) is 0.617. The van der Waals surface area contributed by atoms with E-state index in [0.29, 0.717) is 12.8 Å². The Bertz CT molecular complexity index is 818. The minimum atomic E-state index is -0.612. The molecular formula is C25H33FN2O2. The van der Waals surface area contributed by atoms with E-state index in [1.807, 2.05) is 13.8 Å². The van der Waals surface area contributed by atoms with Crippen LogP contribution in [0.4, 0.5) is 4.39 Å².